The molecule has 0 radical (unpaired) electrons. The first-order valence-corrected chi connectivity index (χ1v) is 6.60. The monoisotopic (exact) mass is 215 g/mol. The molecule has 0 N–H and O–H groups in total. The average Bonchev–Trinajstić information content (AvgIpc) is 2.72. The number of rotatable bonds is 1. The van der Waals surface area contributed by atoms with E-state index in [1.807, 2.05) is 0 Å². The third kappa shape index (κ3) is 1.53. The maximum atomic E-state index is 11.4. The van der Waals surface area contributed by atoms with E-state index in [0.29, 0.717) is 19.6 Å². The van der Waals surface area contributed by atoms with Gasteiger partial charge in [-0.05, 0) is 12.8 Å². The predicted molar refractivity (Wildman–Crippen MR) is 50.2 cm³/mol. The first kappa shape index (κ1) is 9.94. The van der Waals surface area contributed by atoms with E-state index < -0.39 is 15.3 Å². The van der Waals surface area contributed by atoms with Crippen molar-refractivity contribution in [3.63, 3.8) is 0 Å². The van der Waals surface area contributed by atoms with Crippen LogP contribution >= 0.6 is 0 Å². The van der Waals surface area contributed by atoms with Crippen LogP contribution in [0.4, 0.5) is 0 Å². The van der Waals surface area contributed by atoms with Gasteiger partial charge < -0.3 is 4.74 Å². The van der Waals surface area contributed by atoms with Crippen LogP contribution in [0.1, 0.15) is 12.8 Å². The van der Waals surface area contributed by atoms with Gasteiger partial charge in [0, 0.05) is 12.5 Å². The zero-order chi connectivity index (χ0) is 10.2. The van der Waals surface area contributed by atoms with Gasteiger partial charge in [0.1, 0.15) is 0 Å². The van der Waals surface area contributed by atoms with Gasteiger partial charge in [0.25, 0.3) is 0 Å². The molecule has 2 unspecified atom stereocenters. The zero-order valence-corrected chi connectivity index (χ0v) is 8.72. The van der Waals surface area contributed by atoms with Gasteiger partial charge in [-0.2, -0.15) is 5.26 Å². The molecule has 2 atom stereocenters. The van der Waals surface area contributed by atoms with Crippen LogP contribution in [-0.2, 0) is 14.6 Å². The van der Waals surface area contributed by atoms with E-state index in [-0.39, 0.29) is 17.4 Å². The van der Waals surface area contributed by atoms with E-state index >= 15 is 0 Å². The SMILES string of the molecule is N#CC1(C2CCOC2)CCS(=O)(=O)C1. The van der Waals surface area contributed by atoms with E-state index in [0.717, 1.165) is 6.42 Å². The van der Waals surface area contributed by atoms with Crippen LogP contribution in [0.3, 0.4) is 0 Å². The van der Waals surface area contributed by atoms with Gasteiger partial charge in [0.15, 0.2) is 9.84 Å². The molecule has 0 aliphatic carbocycles. The van der Waals surface area contributed by atoms with Crippen molar-refractivity contribution in [1.82, 2.24) is 0 Å². The summed E-state index contributed by atoms with van der Waals surface area (Å²) in [6.07, 6.45) is 1.31. The molecule has 2 rings (SSSR count). The molecule has 2 fully saturated rings. The molecule has 0 saturated carbocycles. The Hall–Kier alpha value is -0.600. The molecule has 0 aromatic carbocycles. The van der Waals surface area contributed by atoms with Crippen LogP contribution in [0.25, 0.3) is 0 Å². The third-order valence-corrected chi connectivity index (χ3v) is 5.05. The van der Waals surface area contributed by atoms with Crippen molar-refractivity contribution in [2.24, 2.45) is 11.3 Å². The van der Waals surface area contributed by atoms with E-state index in [2.05, 4.69) is 6.07 Å². The van der Waals surface area contributed by atoms with Gasteiger partial charge >= 0.3 is 0 Å². The van der Waals surface area contributed by atoms with Gasteiger partial charge in [0.2, 0.25) is 0 Å². The molecule has 5 heteroatoms. The summed E-state index contributed by atoms with van der Waals surface area (Å²) in [4.78, 5) is 0. The maximum absolute atomic E-state index is 11.4. The Bertz CT molecular complexity index is 364. The number of sulfone groups is 1. The van der Waals surface area contributed by atoms with Crippen molar-refractivity contribution in [1.29, 1.82) is 5.26 Å². The van der Waals surface area contributed by atoms with Crippen molar-refractivity contribution in [2.45, 2.75) is 12.8 Å². The fraction of sp³-hybridized carbons (Fsp3) is 0.889. The Labute approximate surface area is 83.8 Å². The highest BCUT2D eigenvalue weighted by Crippen LogP contribution is 2.42. The largest absolute Gasteiger partial charge is 0.381 e. The van der Waals surface area contributed by atoms with Crippen LogP contribution < -0.4 is 0 Å². The van der Waals surface area contributed by atoms with Crippen molar-refractivity contribution in [2.75, 3.05) is 24.7 Å². The summed E-state index contributed by atoms with van der Waals surface area (Å²) in [5.74, 6) is 0.312. The predicted octanol–water partition coefficient (Wildman–Crippen LogP) is 0.351. The van der Waals surface area contributed by atoms with Crippen LogP contribution in [0.15, 0.2) is 0 Å². The zero-order valence-electron chi connectivity index (χ0n) is 7.90. The van der Waals surface area contributed by atoms with Crippen molar-refractivity contribution >= 4 is 9.84 Å². The van der Waals surface area contributed by atoms with Crippen molar-refractivity contribution in [3.05, 3.63) is 0 Å². The molecule has 4 nitrogen and oxygen atoms in total. The van der Waals surface area contributed by atoms with Gasteiger partial charge in [-0.25, -0.2) is 8.42 Å². The van der Waals surface area contributed by atoms with Gasteiger partial charge in [-0.3, -0.25) is 0 Å². The highest BCUT2D eigenvalue weighted by molar-refractivity contribution is 7.91. The second-order valence-corrected chi connectivity index (χ2v) is 6.35. The van der Waals surface area contributed by atoms with Gasteiger partial charge in [0.05, 0.1) is 29.6 Å². The molecule has 2 heterocycles. The van der Waals surface area contributed by atoms with Crippen LogP contribution in [0.5, 0.6) is 0 Å². The fourth-order valence-corrected chi connectivity index (χ4v) is 4.40. The second kappa shape index (κ2) is 3.21. The van der Waals surface area contributed by atoms with E-state index in [1.165, 1.54) is 0 Å². The number of nitriles is 1. The van der Waals surface area contributed by atoms with E-state index in [1.54, 1.807) is 0 Å². The molecule has 78 valence electrons. The first-order chi connectivity index (χ1) is 6.58. The molecule has 2 aliphatic heterocycles. The lowest BCUT2D eigenvalue weighted by molar-refractivity contribution is 0.160. The highest BCUT2D eigenvalue weighted by Gasteiger charge is 2.49. The van der Waals surface area contributed by atoms with E-state index in [9.17, 15) is 8.42 Å². The molecule has 2 aliphatic rings. The topological polar surface area (TPSA) is 67.2 Å². The minimum absolute atomic E-state index is 0.0323. The van der Waals surface area contributed by atoms with Gasteiger partial charge in [-0.1, -0.05) is 0 Å². The van der Waals surface area contributed by atoms with E-state index in [4.69, 9.17) is 10.00 Å². The number of hydrogen-bond donors (Lipinski definition) is 0. The van der Waals surface area contributed by atoms with Crippen LogP contribution in [0.2, 0.25) is 0 Å². The normalized spacial score (nSPS) is 40.9. The average molecular weight is 215 g/mol. The van der Waals surface area contributed by atoms with Crippen molar-refractivity contribution in [3.8, 4) is 6.07 Å². The summed E-state index contributed by atoms with van der Waals surface area (Å²) in [5.41, 5.74) is -0.657. The number of hydrogen-bond acceptors (Lipinski definition) is 4. The molecular weight excluding hydrogens is 202 g/mol. The molecule has 0 aromatic heterocycles. The molecule has 0 bridgehead atoms. The summed E-state index contributed by atoms with van der Waals surface area (Å²) in [6.45, 7) is 1.21. The Morgan fingerprint density at radius 1 is 1.50 bits per heavy atom. The molecule has 0 spiro atoms. The lowest BCUT2D eigenvalue weighted by Gasteiger charge is -2.24. The summed E-state index contributed by atoms with van der Waals surface area (Å²) in [6, 6.07) is 2.22. The number of nitrogens with zero attached hydrogens (tertiary/aromatic N) is 1. The third-order valence-electron chi connectivity index (χ3n) is 3.27. The Balaban J connectivity index is 2.24. The minimum Gasteiger partial charge on any atom is -0.381 e. The summed E-state index contributed by atoms with van der Waals surface area (Å²) in [7, 11) is -2.98. The molecule has 0 aromatic rings. The smallest absolute Gasteiger partial charge is 0.151 e. The summed E-state index contributed by atoms with van der Waals surface area (Å²) >= 11 is 0. The second-order valence-electron chi connectivity index (χ2n) is 4.17. The van der Waals surface area contributed by atoms with Crippen molar-refractivity contribution < 1.29 is 13.2 Å². The molecular formula is C9H13NO3S. The molecule has 2 saturated heterocycles. The van der Waals surface area contributed by atoms with Crippen LogP contribution in [0, 0.1) is 22.7 Å². The lowest BCUT2D eigenvalue weighted by Crippen LogP contribution is -2.30. The summed E-state index contributed by atoms with van der Waals surface area (Å²) in [5, 5.41) is 9.14. The minimum atomic E-state index is -2.98. The lowest BCUT2D eigenvalue weighted by atomic mass is 9.76. The first-order valence-electron chi connectivity index (χ1n) is 4.77. The quantitative estimate of drug-likeness (QED) is 0.633. The molecule has 14 heavy (non-hydrogen) atoms. The standard InChI is InChI=1S/C9H13NO3S/c10-6-9(8-1-3-13-5-8)2-4-14(11,12)7-9/h8H,1-5,7H2. The maximum Gasteiger partial charge on any atom is 0.151 e. The highest BCUT2D eigenvalue weighted by atomic mass is 32.2. The number of ether oxygens (including phenoxy) is 1. The van der Waals surface area contributed by atoms with Crippen LogP contribution in [-0.4, -0.2) is 33.1 Å². The summed E-state index contributed by atoms with van der Waals surface area (Å²) < 4.78 is 28.0. The fourth-order valence-electron chi connectivity index (χ4n) is 2.35. The Morgan fingerprint density at radius 2 is 2.29 bits per heavy atom. The Kier molecular flexibility index (Phi) is 2.28. The molecule has 0 amide bonds. The van der Waals surface area contributed by atoms with Gasteiger partial charge in [-0.15, -0.1) is 0 Å². The Morgan fingerprint density at radius 3 is 2.71 bits per heavy atom.